The zero-order valence-corrected chi connectivity index (χ0v) is 10.5. The highest BCUT2D eigenvalue weighted by Gasteiger charge is 2.13. The van der Waals surface area contributed by atoms with Crippen molar-refractivity contribution in [3.8, 4) is 6.07 Å². The van der Waals surface area contributed by atoms with Gasteiger partial charge >= 0.3 is 0 Å². The van der Waals surface area contributed by atoms with Crippen molar-refractivity contribution in [3.05, 3.63) is 28.2 Å². The summed E-state index contributed by atoms with van der Waals surface area (Å²) in [7, 11) is 0. The molecular weight excluding hydrogens is 266 g/mol. The number of nitriles is 1. The zero-order valence-electron chi connectivity index (χ0n) is 8.96. The Kier molecular flexibility index (Phi) is 3.81. The van der Waals surface area contributed by atoms with Gasteiger partial charge in [0, 0.05) is 17.1 Å². The first-order valence-corrected chi connectivity index (χ1v) is 6.26. The van der Waals surface area contributed by atoms with Crippen LogP contribution in [0.5, 0.6) is 0 Å². The normalized spacial score (nSPS) is 20.1. The van der Waals surface area contributed by atoms with E-state index in [-0.39, 0.29) is 0 Å². The lowest BCUT2D eigenvalue weighted by Crippen LogP contribution is -2.38. The summed E-state index contributed by atoms with van der Waals surface area (Å²) in [6.45, 7) is 2.07. The second-order valence-corrected chi connectivity index (χ2v) is 4.90. The fourth-order valence-electron chi connectivity index (χ4n) is 1.93. The molecule has 84 valence electrons. The lowest BCUT2D eigenvalue weighted by atomic mass is 10.1. The topological polar surface area (TPSA) is 47.9 Å². The van der Waals surface area contributed by atoms with Gasteiger partial charge in [-0.25, -0.2) is 0 Å². The molecule has 1 saturated heterocycles. The number of rotatable bonds is 2. The lowest BCUT2D eigenvalue weighted by Gasteiger charge is -2.25. The fourth-order valence-corrected chi connectivity index (χ4v) is 2.29. The molecule has 3 nitrogen and oxygen atoms in total. The van der Waals surface area contributed by atoms with E-state index in [1.807, 2.05) is 18.2 Å². The van der Waals surface area contributed by atoms with Crippen LogP contribution in [0.4, 0.5) is 5.69 Å². The van der Waals surface area contributed by atoms with E-state index in [0.29, 0.717) is 11.6 Å². The quantitative estimate of drug-likeness (QED) is 0.875. The van der Waals surface area contributed by atoms with E-state index in [1.54, 1.807) is 0 Å². The lowest BCUT2D eigenvalue weighted by molar-refractivity contribution is 0.480. The summed E-state index contributed by atoms with van der Waals surface area (Å²) in [5.41, 5.74) is 1.62. The van der Waals surface area contributed by atoms with Crippen LogP contribution in [-0.2, 0) is 0 Å². The minimum absolute atomic E-state index is 0.432. The summed E-state index contributed by atoms with van der Waals surface area (Å²) in [5.74, 6) is 0. The molecule has 1 heterocycles. The molecule has 0 aliphatic carbocycles. The van der Waals surface area contributed by atoms with Gasteiger partial charge in [-0.2, -0.15) is 5.26 Å². The van der Waals surface area contributed by atoms with Crippen molar-refractivity contribution in [1.82, 2.24) is 5.32 Å². The Balaban J connectivity index is 2.11. The van der Waals surface area contributed by atoms with Crippen LogP contribution in [0, 0.1) is 11.3 Å². The van der Waals surface area contributed by atoms with Crippen LogP contribution in [0.3, 0.4) is 0 Å². The van der Waals surface area contributed by atoms with E-state index in [4.69, 9.17) is 5.26 Å². The van der Waals surface area contributed by atoms with Gasteiger partial charge in [0.1, 0.15) is 6.07 Å². The van der Waals surface area contributed by atoms with Crippen molar-refractivity contribution >= 4 is 21.6 Å². The maximum Gasteiger partial charge on any atom is 0.101 e. The number of hydrogen-bond donors (Lipinski definition) is 2. The third-order valence-electron chi connectivity index (χ3n) is 2.76. The van der Waals surface area contributed by atoms with Crippen LogP contribution in [0.25, 0.3) is 0 Å². The van der Waals surface area contributed by atoms with Crippen LogP contribution < -0.4 is 10.6 Å². The molecule has 1 aromatic rings. The van der Waals surface area contributed by atoms with E-state index in [0.717, 1.165) is 29.7 Å². The SMILES string of the molecule is N#Cc1cc(Br)ccc1NC1CCCNC1. The summed E-state index contributed by atoms with van der Waals surface area (Å²) < 4.78 is 0.941. The average Bonchev–Trinajstić information content (AvgIpc) is 2.33. The van der Waals surface area contributed by atoms with Gasteiger partial charge in [0.15, 0.2) is 0 Å². The first-order chi connectivity index (χ1) is 7.79. The number of anilines is 1. The highest BCUT2D eigenvalue weighted by atomic mass is 79.9. The molecule has 1 fully saturated rings. The Morgan fingerprint density at radius 2 is 2.38 bits per heavy atom. The predicted octanol–water partition coefficient (Wildman–Crippen LogP) is 2.48. The maximum absolute atomic E-state index is 9.05. The van der Waals surface area contributed by atoms with Crippen LogP contribution in [0.1, 0.15) is 18.4 Å². The summed E-state index contributed by atoms with van der Waals surface area (Å²) >= 11 is 3.37. The van der Waals surface area contributed by atoms with Gasteiger partial charge in [-0.1, -0.05) is 15.9 Å². The number of nitrogens with zero attached hydrogens (tertiary/aromatic N) is 1. The van der Waals surface area contributed by atoms with E-state index in [1.165, 1.54) is 6.42 Å². The Hall–Kier alpha value is -1.05. The summed E-state index contributed by atoms with van der Waals surface area (Å²) in [4.78, 5) is 0. The molecular formula is C12H14BrN3. The summed E-state index contributed by atoms with van der Waals surface area (Å²) in [6, 6.07) is 8.40. The molecule has 2 rings (SSSR count). The van der Waals surface area contributed by atoms with Gasteiger partial charge in [0.05, 0.1) is 11.3 Å². The average molecular weight is 280 g/mol. The minimum atomic E-state index is 0.432. The van der Waals surface area contributed by atoms with Crippen LogP contribution >= 0.6 is 15.9 Å². The number of hydrogen-bond acceptors (Lipinski definition) is 3. The Bertz CT molecular complexity index is 405. The molecule has 0 radical (unpaired) electrons. The third-order valence-corrected chi connectivity index (χ3v) is 3.25. The van der Waals surface area contributed by atoms with Gasteiger partial charge in [0.2, 0.25) is 0 Å². The highest BCUT2D eigenvalue weighted by Crippen LogP contribution is 2.21. The van der Waals surface area contributed by atoms with Gasteiger partial charge in [-0.3, -0.25) is 0 Å². The highest BCUT2D eigenvalue weighted by molar-refractivity contribution is 9.10. The molecule has 1 unspecified atom stereocenters. The first kappa shape index (κ1) is 11.4. The van der Waals surface area contributed by atoms with Crippen molar-refractivity contribution in [3.63, 3.8) is 0 Å². The van der Waals surface area contributed by atoms with Gasteiger partial charge in [-0.05, 0) is 37.6 Å². The van der Waals surface area contributed by atoms with Crippen molar-refractivity contribution < 1.29 is 0 Å². The molecule has 0 bridgehead atoms. The number of halogens is 1. The van der Waals surface area contributed by atoms with Gasteiger partial charge in [-0.15, -0.1) is 0 Å². The Morgan fingerprint density at radius 3 is 3.06 bits per heavy atom. The van der Waals surface area contributed by atoms with Crippen LogP contribution in [0.15, 0.2) is 22.7 Å². The molecule has 16 heavy (non-hydrogen) atoms. The Labute approximate surface area is 104 Å². The predicted molar refractivity (Wildman–Crippen MR) is 68.4 cm³/mol. The zero-order chi connectivity index (χ0) is 11.4. The second kappa shape index (κ2) is 5.33. The molecule has 0 spiro atoms. The molecule has 1 atom stereocenters. The van der Waals surface area contributed by atoms with Crippen molar-refractivity contribution in [2.24, 2.45) is 0 Å². The monoisotopic (exact) mass is 279 g/mol. The van der Waals surface area contributed by atoms with Gasteiger partial charge < -0.3 is 10.6 Å². The molecule has 0 saturated carbocycles. The van der Waals surface area contributed by atoms with E-state index >= 15 is 0 Å². The van der Waals surface area contributed by atoms with Crippen molar-refractivity contribution in [2.45, 2.75) is 18.9 Å². The Morgan fingerprint density at radius 1 is 1.50 bits per heavy atom. The maximum atomic E-state index is 9.05. The molecule has 2 N–H and O–H groups in total. The molecule has 0 aromatic heterocycles. The van der Waals surface area contributed by atoms with Crippen LogP contribution in [-0.4, -0.2) is 19.1 Å². The molecule has 0 amide bonds. The minimum Gasteiger partial charge on any atom is -0.380 e. The summed E-state index contributed by atoms with van der Waals surface area (Å²) in [5, 5.41) is 15.8. The molecule has 4 heteroatoms. The van der Waals surface area contributed by atoms with Gasteiger partial charge in [0.25, 0.3) is 0 Å². The second-order valence-electron chi connectivity index (χ2n) is 3.99. The van der Waals surface area contributed by atoms with E-state index in [9.17, 15) is 0 Å². The first-order valence-electron chi connectivity index (χ1n) is 5.46. The smallest absolute Gasteiger partial charge is 0.101 e. The number of benzene rings is 1. The van der Waals surface area contributed by atoms with Crippen molar-refractivity contribution in [2.75, 3.05) is 18.4 Å². The van der Waals surface area contributed by atoms with E-state index in [2.05, 4.69) is 32.6 Å². The van der Waals surface area contributed by atoms with Crippen LogP contribution in [0.2, 0.25) is 0 Å². The standard InChI is InChI=1S/C12H14BrN3/c13-10-3-4-12(9(6-10)7-14)16-11-2-1-5-15-8-11/h3-4,6,11,15-16H,1-2,5,8H2. The molecule has 1 aliphatic heterocycles. The number of nitrogens with one attached hydrogen (secondary N) is 2. The number of piperidine rings is 1. The molecule has 1 aromatic carbocycles. The van der Waals surface area contributed by atoms with Crippen molar-refractivity contribution in [1.29, 1.82) is 5.26 Å². The largest absolute Gasteiger partial charge is 0.380 e. The fraction of sp³-hybridized carbons (Fsp3) is 0.417. The van der Waals surface area contributed by atoms with E-state index < -0.39 is 0 Å². The third kappa shape index (κ3) is 2.75. The molecule has 1 aliphatic rings. The summed E-state index contributed by atoms with van der Waals surface area (Å²) in [6.07, 6.45) is 2.35.